The maximum Gasteiger partial charge on any atom is 0.242 e. The van der Waals surface area contributed by atoms with Crippen LogP contribution in [0.1, 0.15) is 44.5 Å². The van der Waals surface area contributed by atoms with Crippen molar-refractivity contribution in [3.8, 4) is 16.9 Å². The van der Waals surface area contributed by atoms with E-state index in [0.29, 0.717) is 78.9 Å². The second-order valence-electron chi connectivity index (χ2n) is 11.1. The molecule has 0 spiro atoms. The summed E-state index contributed by atoms with van der Waals surface area (Å²) >= 11 is 7.91. The van der Waals surface area contributed by atoms with Crippen LogP contribution in [0.4, 0.5) is 10.1 Å². The number of rotatable bonds is 8. The van der Waals surface area contributed by atoms with E-state index in [9.17, 15) is 22.9 Å². The van der Waals surface area contributed by atoms with Crippen molar-refractivity contribution in [3.63, 3.8) is 0 Å². The van der Waals surface area contributed by atoms with Crippen molar-refractivity contribution >= 4 is 50.1 Å². The van der Waals surface area contributed by atoms with Crippen LogP contribution in [0, 0.1) is 17.2 Å². The molecule has 11 nitrogen and oxygen atoms in total. The normalized spacial score (nSPS) is 19.7. The molecular formula is C25H28ClFN8O3S2. The van der Waals surface area contributed by atoms with Gasteiger partial charge in [0.25, 0.3) is 0 Å². The van der Waals surface area contributed by atoms with E-state index in [2.05, 4.69) is 26.0 Å². The number of hydrogen-bond donors (Lipinski definition) is 1. The molecule has 3 fully saturated rings. The third-order valence-corrected chi connectivity index (χ3v) is 10.8. The molecule has 3 aromatic heterocycles. The van der Waals surface area contributed by atoms with E-state index in [1.54, 1.807) is 9.30 Å². The average Bonchev–Trinajstić information content (AvgIpc) is 3.83. The number of nitrogens with one attached hydrogen (secondary N) is 1. The first-order chi connectivity index (χ1) is 19.0. The van der Waals surface area contributed by atoms with Crippen molar-refractivity contribution in [1.82, 2.24) is 29.2 Å². The molecule has 0 radical (unpaired) electrons. The van der Waals surface area contributed by atoms with Gasteiger partial charge in [-0.05, 0) is 31.7 Å². The molecule has 15 heteroatoms. The zero-order valence-corrected chi connectivity index (χ0v) is 24.4. The number of nitrogens with zero attached hydrogens (tertiary/aromatic N) is 7. The molecule has 6 rings (SSSR count). The first-order valence-electron chi connectivity index (χ1n) is 13.1. The molecule has 1 saturated heterocycles. The van der Waals surface area contributed by atoms with Gasteiger partial charge in [0, 0.05) is 38.3 Å². The van der Waals surface area contributed by atoms with Crippen molar-refractivity contribution in [2.75, 3.05) is 37.8 Å². The van der Waals surface area contributed by atoms with Crippen LogP contribution in [0.15, 0.2) is 17.2 Å². The van der Waals surface area contributed by atoms with Gasteiger partial charge in [0.2, 0.25) is 15.9 Å². The summed E-state index contributed by atoms with van der Waals surface area (Å²) in [6, 6.07) is 3.84. The number of amides is 1. The van der Waals surface area contributed by atoms with Crippen LogP contribution in [-0.2, 0) is 20.2 Å². The highest BCUT2D eigenvalue weighted by atomic mass is 35.5. The first-order valence-corrected chi connectivity index (χ1v) is 15.8. The van der Waals surface area contributed by atoms with Gasteiger partial charge in [-0.1, -0.05) is 36.8 Å². The number of sulfonamides is 1. The third-order valence-electron chi connectivity index (χ3n) is 7.83. The van der Waals surface area contributed by atoms with Gasteiger partial charge in [-0.3, -0.25) is 9.20 Å². The largest absolute Gasteiger partial charge is 0.366 e. The predicted octanol–water partition coefficient (Wildman–Crippen LogP) is 3.15. The lowest BCUT2D eigenvalue weighted by atomic mass is 10.1. The molecule has 4 heterocycles. The fourth-order valence-corrected chi connectivity index (χ4v) is 7.71. The number of fused-ring (bicyclic) bond motifs is 1. The minimum absolute atomic E-state index is 0.0637. The number of pyridine rings is 1. The summed E-state index contributed by atoms with van der Waals surface area (Å²) in [6.07, 6.45) is 3.70. The molecule has 1 amide bonds. The Morgan fingerprint density at radius 3 is 2.50 bits per heavy atom. The second-order valence-corrected chi connectivity index (χ2v) is 14.1. The molecule has 0 atom stereocenters. The number of nitriles is 1. The minimum Gasteiger partial charge on any atom is -0.366 e. The van der Waals surface area contributed by atoms with E-state index < -0.39 is 27.7 Å². The van der Waals surface area contributed by atoms with Gasteiger partial charge in [-0.2, -0.15) is 5.26 Å². The lowest BCUT2D eigenvalue weighted by Gasteiger charge is -2.37. The van der Waals surface area contributed by atoms with Gasteiger partial charge >= 0.3 is 0 Å². The van der Waals surface area contributed by atoms with Gasteiger partial charge in [-0.15, -0.1) is 10.2 Å². The molecule has 1 aliphatic heterocycles. The lowest BCUT2D eigenvalue weighted by Crippen LogP contribution is -2.50. The number of hydrogen-bond acceptors (Lipinski definition) is 9. The lowest BCUT2D eigenvalue weighted by molar-refractivity contribution is -0.134. The van der Waals surface area contributed by atoms with Gasteiger partial charge in [0.05, 0.1) is 17.3 Å². The van der Waals surface area contributed by atoms with Crippen molar-refractivity contribution in [3.05, 3.63) is 22.4 Å². The molecule has 3 aliphatic rings. The Kier molecular flexibility index (Phi) is 6.56. The standard InChI is InChI=1S/C25H28ClFN8O3S2/c1-15(2)22(36)34-9-7-33(8-10-34)17-11-16(40(37,38)32-25(13-27)5-6-25)12-35-18(17)19(26)29-20(35)21-30-31-23(39-21)24(14-28)3-4-24/h11-12,15,32H,3-10,13H2,1-2H3. The fraction of sp³-hybridized carbons (Fsp3) is 0.560. The zero-order valence-electron chi connectivity index (χ0n) is 22.0. The quantitative estimate of drug-likeness (QED) is 0.413. The van der Waals surface area contributed by atoms with Crippen LogP contribution in [0.25, 0.3) is 16.3 Å². The maximum atomic E-state index is 13.6. The number of carbonyl (C=O) groups is 1. The molecule has 3 aromatic rings. The van der Waals surface area contributed by atoms with Crippen LogP contribution >= 0.6 is 22.9 Å². The molecule has 0 aromatic carbocycles. The Morgan fingerprint density at radius 1 is 1.23 bits per heavy atom. The van der Waals surface area contributed by atoms with Gasteiger partial charge < -0.3 is 9.80 Å². The highest BCUT2D eigenvalue weighted by Gasteiger charge is 2.49. The van der Waals surface area contributed by atoms with Crippen LogP contribution in [0.2, 0.25) is 5.15 Å². The number of piperazine rings is 1. The molecule has 0 bridgehead atoms. The Labute approximate surface area is 240 Å². The molecule has 0 unspecified atom stereocenters. The second kappa shape index (κ2) is 9.61. The van der Waals surface area contributed by atoms with Gasteiger partial charge in [0.1, 0.15) is 27.5 Å². The topological polar surface area (TPSA) is 137 Å². The number of imidazole rings is 1. The zero-order chi connectivity index (χ0) is 28.4. The number of carbonyl (C=O) groups excluding carboxylic acids is 1. The number of halogens is 2. The Bertz CT molecular complexity index is 1650. The number of anilines is 1. The molecule has 2 aliphatic carbocycles. The van der Waals surface area contributed by atoms with E-state index in [1.807, 2.05) is 18.7 Å². The molecule has 40 heavy (non-hydrogen) atoms. The van der Waals surface area contributed by atoms with Crippen LogP contribution in [0.5, 0.6) is 0 Å². The summed E-state index contributed by atoms with van der Waals surface area (Å²) in [5, 5.41) is 19.2. The highest BCUT2D eigenvalue weighted by Crippen LogP contribution is 2.49. The first kappa shape index (κ1) is 27.3. The van der Waals surface area contributed by atoms with Crippen molar-refractivity contribution in [1.29, 1.82) is 5.26 Å². The van der Waals surface area contributed by atoms with E-state index in [1.165, 1.54) is 23.6 Å². The summed E-state index contributed by atoms with van der Waals surface area (Å²) in [5.41, 5.74) is -0.678. The summed E-state index contributed by atoms with van der Waals surface area (Å²) < 4.78 is 44.8. The van der Waals surface area contributed by atoms with E-state index >= 15 is 0 Å². The van der Waals surface area contributed by atoms with E-state index in [0.717, 1.165) is 0 Å². The fourth-order valence-electron chi connectivity index (χ4n) is 4.96. The maximum absolute atomic E-state index is 13.6. The van der Waals surface area contributed by atoms with Crippen LogP contribution in [-0.4, -0.2) is 77.2 Å². The van der Waals surface area contributed by atoms with Crippen molar-refractivity contribution in [2.45, 2.75) is 55.4 Å². The SMILES string of the molecule is CC(C)C(=O)N1CCN(c2cc(S(=O)(=O)NC3(CF)CC3)cn3c(-c4nnc(C5(C#N)CC5)s4)nc(Cl)c23)CC1. The van der Waals surface area contributed by atoms with Crippen LogP contribution in [0.3, 0.4) is 0 Å². The van der Waals surface area contributed by atoms with Gasteiger partial charge in [0.15, 0.2) is 16.0 Å². The van der Waals surface area contributed by atoms with Crippen LogP contribution < -0.4 is 9.62 Å². The number of alkyl halides is 1. The molecule has 2 saturated carbocycles. The Balaban J connectivity index is 1.44. The molecule has 1 N–H and O–H groups in total. The smallest absolute Gasteiger partial charge is 0.242 e. The monoisotopic (exact) mass is 606 g/mol. The predicted molar refractivity (Wildman–Crippen MR) is 148 cm³/mol. The van der Waals surface area contributed by atoms with E-state index in [-0.39, 0.29) is 21.9 Å². The number of aromatic nitrogens is 4. The highest BCUT2D eigenvalue weighted by molar-refractivity contribution is 7.89. The summed E-state index contributed by atoms with van der Waals surface area (Å²) in [4.78, 5) is 20.8. The van der Waals surface area contributed by atoms with E-state index in [4.69, 9.17) is 11.6 Å². The molecular weight excluding hydrogens is 579 g/mol. The summed E-state index contributed by atoms with van der Waals surface area (Å²) in [7, 11) is -4.11. The summed E-state index contributed by atoms with van der Waals surface area (Å²) in [5.74, 6) is 0.243. The average molecular weight is 607 g/mol. The Morgan fingerprint density at radius 2 is 1.93 bits per heavy atom. The van der Waals surface area contributed by atoms with Crippen molar-refractivity contribution < 1.29 is 17.6 Å². The minimum atomic E-state index is -4.11. The summed E-state index contributed by atoms with van der Waals surface area (Å²) in [6.45, 7) is 4.79. The Hall–Kier alpha value is -2.86. The van der Waals surface area contributed by atoms with Gasteiger partial charge in [-0.25, -0.2) is 22.5 Å². The van der Waals surface area contributed by atoms with Crippen molar-refractivity contribution in [2.24, 2.45) is 5.92 Å². The molecule has 212 valence electrons. The third kappa shape index (κ3) is 4.62.